The van der Waals surface area contributed by atoms with Gasteiger partial charge in [0.15, 0.2) is 0 Å². The molecule has 1 saturated carbocycles. The minimum atomic E-state index is 0.471. The molecule has 1 fully saturated rings. The molecule has 1 N–H and O–H groups in total. The van der Waals surface area contributed by atoms with Crippen LogP contribution in [0.4, 0.5) is 0 Å². The van der Waals surface area contributed by atoms with Gasteiger partial charge in [-0.2, -0.15) is 0 Å². The molecule has 0 aliphatic heterocycles. The maximum Gasteiger partial charge on any atom is 0.249 e. The van der Waals surface area contributed by atoms with Crippen molar-refractivity contribution in [2.45, 2.75) is 25.3 Å². The van der Waals surface area contributed by atoms with Gasteiger partial charge in [-0.05, 0) is 31.0 Å². The van der Waals surface area contributed by atoms with Gasteiger partial charge in [0.2, 0.25) is 11.8 Å². The molecule has 1 aliphatic rings. The van der Waals surface area contributed by atoms with Crippen molar-refractivity contribution < 1.29 is 4.42 Å². The van der Waals surface area contributed by atoms with E-state index in [2.05, 4.69) is 31.4 Å². The highest BCUT2D eigenvalue weighted by Gasteiger charge is 2.20. The summed E-state index contributed by atoms with van der Waals surface area (Å²) in [6.45, 7) is 0.875. The molecule has 19 heavy (non-hydrogen) atoms. The quantitative estimate of drug-likeness (QED) is 0.904. The second kappa shape index (κ2) is 5.61. The Morgan fingerprint density at radius 3 is 2.95 bits per heavy atom. The molecule has 0 radical (unpaired) electrons. The Balaban J connectivity index is 1.68. The molecule has 1 aromatic carbocycles. The minimum absolute atomic E-state index is 0.471. The summed E-state index contributed by atoms with van der Waals surface area (Å²) in [4.78, 5) is 0. The van der Waals surface area contributed by atoms with E-state index >= 15 is 0 Å². The fraction of sp³-hybridized carbons (Fsp3) is 0.385. The molecule has 0 atom stereocenters. The molecule has 1 heterocycles. The second-order valence-corrected chi connectivity index (χ2v) is 5.93. The lowest BCUT2D eigenvalue weighted by atomic mass is 10.2. The highest BCUT2D eigenvalue weighted by atomic mass is 79.9. The number of hydrogen-bond acceptors (Lipinski definition) is 4. The van der Waals surface area contributed by atoms with Crippen LogP contribution >= 0.6 is 27.5 Å². The summed E-state index contributed by atoms with van der Waals surface area (Å²) < 4.78 is 6.56. The summed E-state index contributed by atoms with van der Waals surface area (Å²) in [5, 5.41) is 12.1. The maximum atomic E-state index is 6.16. The van der Waals surface area contributed by atoms with Crippen molar-refractivity contribution in [1.82, 2.24) is 15.5 Å². The topological polar surface area (TPSA) is 51.0 Å². The van der Waals surface area contributed by atoms with Crippen molar-refractivity contribution in [3.8, 4) is 11.5 Å². The van der Waals surface area contributed by atoms with Crippen molar-refractivity contribution in [3.63, 3.8) is 0 Å². The minimum Gasteiger partial charge on any atom is -0.421 e. The zero-order chi connectivity index (χ0) is 13.2. The van der Waals surface area contributed by atoms with Crippen molar-refractivity contribution >= 4 is 27.5 Å². The molecule has 1 aromatic heterocycles. The SMILES string of the molecule is Clc1cc(Br)ccc1-c1nnc(CCNC2CC2)o1. The summed E-state index contributed by atoms with van der Waals surface area (Å²) in [5.74, 6) is 1.11. The van der Waals surface area contributed by atoms with Gasteiger partial charge in [-0.25, -0.2) is 0 Å². The Hall–Kier alpha value is -0.910. The van der Waals surface area contributed by atoms with E-state index in [0.717, 1.165) is 23.0 Å². The van der Waals surface area contributed by atoms with Crippen LogP contribution in [0.5, 0.6) is 0 Å². The van der Waals surface area contributed by atoms with E-state index in [1.807, 2.05) is 18.2 Å². The summed E-state index contributed by atoms with van der Waals surface area (Å²) in [7, 11) is 0. The average Bonchev–Trinajstić information content (AvgIpc) is 3.07. The molecule has 0 amide bonds. The fourth-order valence-corrected chi connectivity index (χ4v) is 2.55. The first kappa shape index (κ1) is 13.1. The maximum absolute atomic E-state index is 6.16. The largest absolute Gasteiger partial charge is 0.421 e. The molecule has 0 spiro atoms. The van der Waals surface area contributed by atoms with E-state index in [9.17, 15) is 0 Å². The van der Waals surface area contributed by atoms with Gasteiger partial charge in [-0.3, -0.25) is 0 Å². The average molecular weight is 343 g/mol. The number of aromatic nitrogens is 2. The van der Waals surface area contributed by atoms with Crippen molar-refractivity contribution in [2.24, 2.45) is 0 Å². The van der Waals surface area contributed by atoms with Crippen molar-refractivity contribution in [3.05, 3.63) is 33.6 Å². The Kier molecular flexibility index (Phi) is 3.86. The van der Waals surface area contributed by atoms with Crippen LogP contribution in [-0.2, 0) is 6.42 Å². The summed E-state index contributed by atoms with van der Waals surface area (Å²) in [6, 6.07) is 6.28. The molecular formula is C13H13BrClN3O. The van der Waals surface area contributed by atoms with E-state index in [4.69, 9.17) is 16.0 Å². The third kappa shape index (κ3) is 3.35. The van der Waals surface area contributed by atoms with Gasteiger partial charge < -0.3 is 9.73 Å². The fourth-order valence-electron chi connectivity index (χ4n) is 1.80. The number of benzene rings is 1. The first-order valence-corrected chi connectivity index (χ1v) is 7.40. The lowest BCUT2D eigenvalue weighted by Gasteiger charge is -2.00. The van der Waals surface area contributed by atoms with E-state index in [0.29, 0.717) is 22.8 Å². The monoisotopic (exact) mass is 341 g/mol. The van der Waals surface area contributed by atoms with Crippen LogP contribution in [-0.4, -0.2) is 22.8 Å². The molecule has 1 aliphatic carbocycles. The van der Waals surface area contributed by atoms with Gasteiger partial charge in [0.05, 0.1) is 10.6 Å². The first-order chi connectivity index (χ1) is 9.22. The van der Waals surface area contributed by atoms with Crippen LogP contribution in [0.2, 0.25) is 5.02 Å². The van der Waals surface area contributed by atoms with Crippen molar-refractivity contribution in [1.29, 1.82) is 0 Å². The van der Waals surface area contributed by atoms with E-state index in [-0.39, 0.29) is 0 Å². The third-order valence-corrected chi connectivity index (χ3v) is 3.78. The first-order valence-electron chi connectivity index (χ1n) is 6.23. The Labute approximate surface area is 124 Å². The van der Waals surface area contributed by atoms with Crippen LogP contribution in [0, 0.1) is 0 Å². The Morgan fingerprint density at radius 1 is 1.37 bits per heavy atom. The Morgan fingerprint density at radius 2 is 2.21 bits per heavy atom. The zero-order valence-corrected chi connectivity index (χ0v) is 12.5. The standard InChI is InChI=1S/C13H13BrClN3O/c14-8-1-4-10(11(15)7-8)13-18-17-12(19-13)5-6-16-9-2-3-9/h1,4,7,9,16H,2-3,5-6H2. The lowest BCUT2D eigenvalue weighted by molar-refractivity contribution is 0.494. The van der Waals surface area contributed by atoms with Crippen LogP contribution in [0.3, 0.4) is 0 Å². The smallest absolute Gasteiger partial charge is 0.249 e. The summed E-state index contributed by atoms with van der Waals surface area (Å²) in [6.07, 6.45) is 3.31. The number of nitrogens with zero attached hydrogens (tertiary/aromatic N) is 2. The van der Waals surface area contributed by atoms with Gasteiger partial charge >= 0.3 is 0 Å². The van der Waals surface area contributed by atoms with E-state index < -0.39 is 0 Å². The molecule has 4 nitrogen and oxygen atoms in total. The van der Waals surface area contributed by atoms with Gasteiger partial charge in [0.1, 0.15) is 0 Å². The normalized spacial score (nSPS) is 14.8. The summed E-state index contributed by atoms with van der Waals surface area (Å²) in [5.41, 5.74) is 0.763. The molecule has 0 unspecified atom stereocenters. The molecular weight excluding hydrogens is 330 g/mol. The van der Waals surface area contributed by atoms with Crippen molar-refractivity contribution in [2.75, 3.05) is 6.54 Å². The zero-order valence-electron chi connectivity index (χ0n) is 10.2. The third-order valence-electron chi connectivity index (χ3n) is 2.98. The van der Waals surface area contributed by atoms with Gasteiger partial charge in [0, 0.05) is 23.5 Å². The molecule has 0 saturated heterocycles. The number of hydrogen-bond donors (Lipinski definition) is 1. The van der Waals surface area contributed by atoms with E-state index in [1.165, 1.54) is 12.8 Å². The van der Waals surface area contributed by atoms with Gasteiger partial charge in [-0.15, -0.1) is 10.2 Å². The predicted molar refractivity (Wildman–Crippen MR) is 77.2 cm³/mol. The van der Waals surface area contributed by atoms with Crippen LogP contribution in [0.15, 0.2) is 27.1 Å². The number of rotatable bonds is 5. The van der Waals surface area contributed by atoms with Crippen LogP contribution in [0.1, 0.15) is 18.7 Å². The van der Waals surface area contributed by atoms with E-state index in [1.54, 1.807) is 0 Å². The molecule has 100 valence electrons. The van der Waals surface area contributed by atoms with Crippen LogP contribution in [0.25, 0.3) is 11.5 Å². The lowest BCUT2D eigenvalue weighted by Crippen LogP contribution is -2.19. The second-order valence-electron chi connectivity index (χ2n) is 4.60. The molecule has 6 heteroatoms. The number of halogens is 2. The highest BCUT2D eigenvalue weighted by Crippen LogP contribution is 2.29. The van der Waals surface area contributed by atoms with Crippen LogP contribution < -0.4 is 5.32 Å². The molecule has 3 rings (SSSR count). The number of nitrogens with one attached hydrogen (secondary N) is 1. The van der Waals surface area contributed by atoms with Gasteiger partial charge in [0.25, 0.3) is 0 Å². The highest BCUT2D eigenvalue weighted by molar-refractivity contribution is 9.10. The Bertz CT molecular complexity index is 583. The summed E-state index contributed by atoms with van der Waals surface area (Å²) >= 11 is 9.53. The van der Waals surface area contributed by atoms with Gasteiger partial charge in [-0.1, -0.05) is 27.5 Å². The molecule has 0 bridgehead atoms. The molecule has 2 aromatic rings. The predicted octanol–water partition coefficient (Wildman–Crippen LogP) is 3.45.